The molecule has 0 amide bonds. The van der Waals surface area contributed by atoms with Gasteiger partial charge in [-0.2, -0.15) is 0 Å². The maximum atomic E-state index is 4.86. The van der Waals surface area contributed by atoms with Gasteiger partial charge in [0.1, 0.15) is 0 Å². The minimum atomic E-state index is 0.637. The van der Waals surface area contributed by atoms with Crippen molar-refractivity contribution in [3.05, 3.63) is 0 Å². The Morgan fingerprint density at radius 3 is 2.50 bits per heavy atom. The predicted molar refractivity (Wildman–Crippen MR) is 47.2 cm³/mol. The van der Waals surface area contributed by atoms with Crippen LogP contribution in [0.4, 0.5) is 0 Å². The molecule has 0 aromatic heterocycles. The summed E-state index contributed by atoms with van der Waals surface area (Å²) in [4.78, 5) is 2.30. The van der Waals surface area contributed by atoms with Gasteiger partial charge in [-0.1, -0.05) is 0 Å². The van der Waals surface area contributed by atoms with Gasteiger partial charge in [-0.25, -0.2) is 0 Å². The fourth-order valence-electron chi connectivity index (χ4n) is 0.523. The normalized spacial score (nSPS) is 11.4. The van der Waals surface area contributed by atoms with E-state index in [4.69, 9.17) is 4.18 Å². The summed E-state index contributed by atoms with van der Waals surface area (Å²) < 4.78 is 4.86. The van der Waals surface area contributed by atoms with Gasteiger partial charge in [0, 0.05) is 18.3 Å². The van der Waals surface area contributed by atoms with Crippen LogP contribution in [0.5, 0.6) is 0 Å². The van der Waals surface area contributed by atoms with Crippen molar-refractivity contribution in [2.75, 3.05) is 26.5 Å². The highest BCUT2D eigenvalue weighted by atomic mass is 32.2. The van der Waals surface area contributed by atoms with E-state index in [1.807, 2.05) is 0 Å². The topological polar surface area (TPSA) is 12.5 Å². The zero-order chi connectivity index (χ0) is 7.98. The first-order chi connectivity index (χ1) is 4.68. The van der Waals surface area contributed by atoms with Gasteiger partial charge in [-0.05, 0) is 32.9 Å². The third-order valence-electron chi connectivity index (χ3n) is 1.53. The van der Waals surface area contributed by atoms with Crippen LogP contribution in [0.25, 0.3) is 0 Å². The lowest BCUT2D eigenvalue weighted by molar-refractivity contribution is 0.290. The highest BCUT2D eigenvalue weighted by Crippen LogP contribution is 2.01. The van der Waals surface area contributed by atoms with Gasteiger partial charge in [0.15, 0.2) is 0 Å². The van der Waals surface area contributed by atoms with Gasteiger partial charge in [-0.15, -0.1) is 0 Å². The molecule has 0 saturated heterocycles. The number of hydrogen-bond acceptors (Lipinski definition) is 3. The molecule has 0 aliphatic rings. The fourth-order valence-corrected chi connectivity index (χ4v) is 1.05. The van der Waals surface area contributed by atoms with Crippen molar-refractivity contribution in [2.45, 2.75) is 19.9 Å². The summed E-state index contributed by atoms with van der Waals surface area (Å²) >= 11 is 1.51. The van der Waals surface area contributed by atoms with Gasteiger partial charge in [0.05, 0.1) is 7.11 Å². The van der Waals surface area contributed by atoms with Crippen LogP contribution in [-0.2, 0) is 4.18 Å². The van der Waals surface area contributed by atoms with Crippen molar-refractivity contribution in [2.24, 2.45) is 0 Å². The fraction of sp³-hybridized carbons (Fsp3) is 1.00. The van der Waals surface area contributed by atoms with E-state index in [0.29, 0.717) is 6.04 Å². The van der Waals surface area contributed by atoms with Crippen LogP contribution in [0.2, 0.25) is 0 Å². The first-order valence-corrected chi connectivity index (χ1v) is 4.45. The van der Waals surface area contributed by atoms with Crippen LogP contribution in [0.3, 0.4) is 0 Å². The standard InChI is InChI=1S/C7H17NOS/c1-7(2)8(3)5-6-10-9-4/h7H,5-6H2,1-4H3. The maximum absolute atomic E-state index is 4.86. The first kappa shape index (κ1) is 10.3. The molecule has 0 radical (unpaired) electrons. The van der Waals surface area contributed by atoms with Crippen molar-refractivity contribution >= 4 is 12.0 Å². The molecule has 0 saturated carbocycles. The van der Waals surface area contributed by atoms with E-state index in [0.717, 1.165) is 12.3 Å². The first-order valence-electron chi connectivity index (χ1n) is 3.54. The monoisotopic (exact) mass is 163 g/mol. The van der Waals surface area contributed by atoms with Gasteiger partial charge in [0.2, 0.25) is 0 Å². The second kappa shape index (κ2) is 6.01. The lowest BCUT2D eigenvalue weighted by atomic mass is 10.3. The predicted octanol–water partition coefficient (Wildman–Crippen LogP) is 1.62. The summed E-state index contributed by atoms with van der Waals surface area (Å²) in [5.74, 6) is 1.05. The molecule has 0 atom stereocenters. The molecule has 0 unspecified atom stereocenters. The molecule has 0 bridgehead atoms. The Morgan fingerprint density at radius 2 is 2.10 bits per heavy atom. The van der Waals surface area contributed by atoms with E-state index < -0.39 is 0 Å². The third kappa shape index (κ3) is 5.09. The Morgan fingerprint density at radius 1 is 1.50 bits per heavy atom. The third-order valence-corrected chi connectivity index (χ3v) is 2.11. The summed E-state index contributed by atoms with van der Waals surface area (Å²) in [6.07, 6.45) is 0. The minimum absolute atomic E-state index is 0.637. The Kier molecular flexibility index (Phi) is 6.17. The summed E-state index contributed by atoms with van der Waals surface area (Å²) in [6.45, 7) is 5.48. The minimum Gasteiger partial charge on any atom is -0.319 e. The van der Waals surface area contributed by atoms with Crippen LogP contribution >= 0.6 is 12.0 Å². The molecule has 2 nitrogen and oxygen atoms in total. The smallest absolute Gasteiger partial charge is 0.0503 e. The molecular formula is C7H17NOS. The van der Waals surface area contributed by atoms with Crippen LogP contribution in [-0.4, -0.2) is 37.4 Å². The molecule has 3 heteroatoms. The molecule has 0 N–H and O–H groups in total. The Labute approximate surface area is 68.1 Å². The van der Waals surface area contributed by atoms with Gasteiger partial charge < -0.3 is 9.08 Å². The van der Waals surface area contributed by atoms with E-state index in [9.17, 15) is 0 Å². The summed E-state index contributed by atoms with van der Waals surface area (Å²) in [6, 6.07) is 0.637. The molecule has 0 rings (SSSR count). The molecule has 0 fully saturated rings. The number of hydrogen-bond donors (Lipinski definition) is 0. The quantitative estimate of drug-likeness (QED) is 0.451. The lowest BCUT2D eigenvalue weighted by Gasteiger charge is -2.19. The molecule has 0 heterocycles. The van der Waals surface area contributed by atoms with E-state index >= 15 is 0 Å². The van der Waals surface area contributed by atoms with Crippen LogP contribution in [0.1, 0.15) is 13.8 Å². The zero-order valence-electron chi connectivity index (χ0n) is 7.26. The number of rotatable bonds is 5. The summed E-state index contributed by atoms with van der Waals surface area (Å²) in [5, 5.41) is 0. The second-order valence-corrected chi connectivity index (χ2v) is 3.54. The average molecular weight is 163 g/mol. The van der Waals surface area contributed by atoms with Crippen molar-refractivity contribution in [1.29, 1.82) is 0 Å². The second-order valence-electron chi connectivity index (χ2n) is 2.56. The molecule has 10 heavy (non-hydrogen) atoms. The van der Waals surface area contributed by atoms with Crippen molar-refractivity contribution < 1.29 is 4.18 Å². The molecule has 0 aromatic rings. The van der Waals surface area contributed by atoms with Crippen molar-refractivity contribution in [3.8, 4) is 0 Å². The molecular weight excluding hydrogens is 146 g/mol. The highest BCUT2D eigenvalue weighted by molar-refractivity contribution is 7.94. The van der Waals surface area contributed by atoms with E-state index in [1.165, 1.54) is 12.0 Å². The van der Waals surface area contributed by atoms with Crippen molar-refractivity contribution in [1.82, 2.24) is 4.90 Å². The van der Waals surface area contributed by atoms with Gasteiger partial charge >= 0.3 is 0 Å². The summed E-state index contributed by atoms with van der Waals surface area (Å²) in [7, 11) is 3.83. The van der Waals surface area contributed by atoms with E-state index in [-0.39, 0.29) is 0 Å². The Balaban J connectivity index is 3.13. The van der Waals surface area contributed by atoms with Gasteiger partial charge in [0.25, 0.3) is 0 Å². The highest BCUT2D eigenvalue weighted by Gasteiger charge is 2.01. The SMILES string of the molecule is COSCCN(C)C(C)C. The number of nitrogens with zero attached hydrogens (tertiary/aromatic N) is 1. The molecule has 0 spiro atoms. The average Bonchev–Trinajstić information content (AvgIpc) is 1.88. The van der Waals surface area contributed by atoms with Crippen molar-refractivity contribution in [3.63, 3.8) is 0 Å². The van der Waals surface area contributed by atoms with Crippen LogP contribution < -0.4 is 0 Å². The summed E-state index contributed by atoms with van der Waals surface area (Å²) in [5.41, 5.74) is 0. The Hall–Kier alpha value is 0.270. The van der Waals surface area contributed by atoms with Gasteiger partial charge in [-0.3, -0.25) is 0 Å². The maximum Gasteiger partial charge on any atom is 0.0503 e. The lowest BCUT2D eigenvalue weighted by Crippen LogP contribution is -2.28. The Bertz CT molecular complexity index is 78.0. The van der Waals surface area contributed by atoms with E-state index in [1.54, 1.807) is 7.11 Å². The zero-order valence-corrected chi connectivity index (χ0v) is 8.07. The molecule has 0 aliphatic heterocycles. The molecule has 0 aromatic carbocycles. The molecule has 62 valence electrons. The van der Waals surface area contributed by atoms with Crippen LogP contribution in [0.15, 0.2) is 0 Å². The van der Waals surface area contributed by atoms with Crippen LogP contribution in [0, 0.1) is 0 Å². The largest absolute Gasteiger partial charge is 0.319 e. The molecule has 0 aliphatic carbocycles. The van der Waals surface area contributed by atoms with E-state index in [2.05, 4.69) is 25.8 Å².